The van der Waals surface area contributed by atoms with Gasteiger partial charge in [-0.25, -0.2) is 0 Å². The van der Waals surface area contributed by atoms with Crippen LogP contribution >= 0.6 is 0 Å². The summed E-state index contributed by atoms with van der Waals surface area (Å²) in [6.07, 6.45) is 4.25. The summed E-state index contributed by atoms with van der Waals surface area (Å²) in [6.45, 7) is 4.48. The summed E-state index contributed by atoms with van der Waals surface area (Å²) < 4.78 is 0. The van der Waals surface area contributed by atoms with Crippen LogP contribution in [0.2, 0.25) is 0 Å². The lowest BCUT2D eigenvalue weighted by atomic mass is 9.79. The highest BCUT2D eigenvalue weighted by Crippen LogP contribution is 2.29. The number of carbonyl (C=O) groups is 2. The second-order valence-corrected chi connectivity index (χ2v) is 5.97. The highest BCUT2D eigenvalue weighted by atomic mass is 16.4. The third-order valence-corrected chi connectivity index (χ3v) is 3.83. The number of hydrogen-bond donors (Lipinski definition) is 3. The normalized spacial score (nSPS) is 25.1. The fraction of sp³-hybridized carbons (Fsp3) is 0.857. The zero-order valence-electron chi connectivity index (χ0n) is 11.9. The molecule has 3 unspecified atom stereocenters. The number of aliphatic carboxylic acids is 1. The summed E-state index contributed by atoms with van der Waals surface area (Å²) in [7, 11) is 0. The molecule has 0 saturated heterocycles. The second kappa shape index (κ2) is 7.48. The van der Waals surface area contributed by atoms with Gasteiger partial charge in [-0.15, -0.1) is 0 Å². The summed E-state index contributed by atoms with van der Waals surface area (Å²) in [4.78, 5) is 23.0. The Labute approximate surface area is 114 Å². The molecule has 0 heterocycles. The SMILES string of the molecule is CC(C)CC(N)C(=O)NCC1CCCCC1C(=O)O. The van der Waals surface area contributed by atoms with Crippen LogP contribution in [-0.4, -0.2) is 29.6 Å². The second-order valence-electron chi connectivity index (χ2n) is 5.97. The number of carboxylic acid groups (broad SMARTS) is 1. The first-order valence-corrected chi connectivity index (χ1v) is 7.18. The summed E-state index contributed by atoms with van der Waals surface area (Å²) >= 11 is 0. The third-order valence-electron chi connectivity index (χ3n) is 3.83. The number of rotatable bonds is 6. The first-order chi connectivity index (χ1) is 8.91. The van der Waals surface area contributed by atoms with Crippen LogP contribution in [0.25, 0.3) is 0 Å². The molecule has 0 spiro atoms. The number of carboxylic acids is 1. The van der Waals surface area contributed by atoms with Crippen molar-refractivity contribution in [3.05, 3.63) is 0 Å². The fourth-order valence-corrected chi connectivity index (χ4v) is 2.75. The van der Waals surface area contributed by atoms with Gasteiger partial charge in [0.1, 0.15) is 0 Å². The van der Waals surface area contributed by atoms with Gasteiger partial charge in [0.15, 0.2) is 0 Å². The van der Waals surface area contributed by atoms with Crippen LogP contribution in [0.4, 0.5) is 0 Å². The van der Waals surface area contributed by atoms with Crippen molar-refractivity contribution < 1.29 is 14.7 Å². The van der Waals surface area contributed by atoms with Crippen LogP contribution in [0.1, 0.15) is 46.0 Å². The van der Waals surface area contributed by atoms with E-state index in [9.17, 15) is 9.59 Å². The maximum absolute atomic E-state index is 11.8. The molecular formula is C14H26N2O3. The molecule has 1 rings (SSSR count). The van der Waals surface area contributed by atoms with Crippen molar-refractivity contribution in [2.75, 3.05) is 6.54 Å². The maximum atomic E-state index is 11.8. The smallest absolute Gasteiger partial charge is 0.306 e. The van der Waals surface area contributed by atoms with Gasteiger partial charge in [0, 0.05) is 6.54 Å². The molecular weight excluding hydrogens is 244 g/mol. The van der Waals surface area contributed by atoms with Gasteiger partial charge in [-0.3, -0.25) is 9.59 Å². The molecule has 4 N–H and O–H groups in total. The van der Waals surface area contributed by atoms with E-state index in [2.05, 4.69) is 5.32 Å². The molecule has 1 saturated carbocycles. The van der Waals surface area contributed by atoms with E-state index in [-0.39, 0.29) is 17.7 Å². The molecule has 0 aromatic heterocycles. The van der Waals surface area contributed by atoms with E-state index in [0.717, 1.165) is 19.3 Å². The topological polar surface area (TPSA) is 92.4 Å². The van der Waals surface area contributed by atoms with Crippen LogP contribution in [0, 0.1) is 17.8 Å². The lowest BCUT2D eigenvalue weighted by Crippen LogP contribution is -2.45. The minimum absolute atomic E-state index is 0.0430. The van der Waals surface area contributed by atoms with Crippen LogP contribution < -0.4 is 11.1 Å². The molecule has 110 valence electrons. The minimum atomic E-state index is -0.745. The van der Waals surface area contributed by atoms with Crippen molar-refractivity contribution in [2.45, 2.75) is 52.0 Å². The van der Waals surface area contributed by atoms with E-state index in [1.54, 1.807) is 0 Å². The molecule has 5 heteroatoms. The van der Waals surface area contributed by atoms with Gasteiger partial charge >= 0.3 is 5.97 Å². The van der Waals surface area contributed by atoms with Gasteiger partial charge in [0.2, 0.25) is 5.91 Å². The number of nitrogens with one attached hydrogen (secondary N) is 1. The zero-order valence-corrected chi connectivity index (χ0v) is 11.9. The molecule has 0 bridgehead atoms. The van der Waals surface area contributed by atoms with Crippen molar-refractivity contribution in [1.82, 2.24) is 5.32 Å². The monoisotopic (exact) mass is 270 g/mol. The van der Waals surface area contributed by atoms with Crippen molar-refractivity contribution in [2.24, 2.45) is 23.5 Å². The van der Waals surface area contributed by atoms with E-state index < -0.39 is 12.0 Å². The zero-order chi connectivity index (χ0) is 14.4. The number of nitrogens with two attached hydrogens (primary N) is 1. The van der Waals surface area contributed by atoms with Gasteiger partial charge in [0.05, 0.1) is 12.0 Å². The number of amides is 1. The fourth-order valence-electron chi connectivity index (χ4n) is 2.75. The maximum Gasteiger partial charge on any atom is 0.306 e. The summed E-state index contributed by atoms with van der Waals surface area (Å²) in [5.74, 6) is -0.812. The van der Waals surface area contributed by atoms with Crippen LogP contribution in [-0.2, 0) is 9.59 Å². The molecule has 0 aromatic carbocycles. The summed E-state index contributed by atoms with van der Waals surface area (Å²) in [5.41, 5.74) is 5.80. The Hall–Kier alpha value is -1.10. The Bertz CT molecular complexity index is 318. The quantitative estimate of drug-likeness (QED) is 0.679. The standard InChI is InChI=1S/C14H26N2O3/c1-9(2)7-12(15)13(17)16-8-10-5-3-4-6-11(10)14(18)19/h9-12H,3-8,15H2,1-2H3,(H,16,17)(H,18,19). The van der Waals surface area contributed by atoms with E-state index in [1.807, 2.05) is 13.8 Å². The Morgan fingerprint density at radius 1 is 1.32 bits per heavy atom. The highest BCUT2D eigenvalue weighted by molar-refractivity contribution is 5.81. The van der Waals surface area contributed by atoms with Crippen molar-refractivity contribution in [3.8, 4) is 0 Å². The first-order valence-electron chi connectivity index (χ1n) is 7.18. The number of hydrogen-bond acceptors (Lipinski definition) is 3. The predicted octanol–water partition coefficient (Wildman–Crippen LogP) is 1.37. The Morgan fingerprint density at radius 3 is 2.53 bits per heavy atom. The van der Waals surface area contributed by atoms with Crippen molar-refractivity contribution in [1.29, 1.82) is 0 Å². The molecule has 5 nitrogen and oxygen atoms in total. The largest absolute Gasteiger partial charge is 0.481 e. The van der Waals surface area contributed by atoms with Crippen LogP contribution in [0.15, 0.2) is 0 Å². The summed E-state index contributed by atoms with van der Waals surface area (Å²) in [5, 5.41) is 12.0. The minimum Gasteiger partial charge on any atom is -0.481 e. The van der Waals surface area contributed by atoms with Crippen molar-refractivity contribution >= 4 is 11.9 Å². The molecule has 19 heavy (non-hydrogen) atoms. The molecule has 1 amide bonds. The average molecular weight is 270 g/mol. The highest BCUT2D eigenvalue weighted by Gasteiger charge is 2.31. The molecule has 0 aromatic rings. The molecule has 0 aliphatic heterocycles. The molecule has 1 aliphatic carbocycles. The van der Waals surface area contributed by atoms with E-state index in [0.29, 0.717) is 25.3 Å². The number of carbonyl (C=O) groups excluding carboxylic acids is 1. The summed E-state index contributed by atoms with van der Waals surface area (Å²) in [6, 6.07) is -0.494. The van der Waals surface area contributed by atoms with Crippen LogP contribution in [0.3, 0.4) is 0 Å². The molecule has 1 aliphatic rings. The average Bonchev–Trinajstić information content (AvgIpc) is 2.35. The Balaban J connectivity index is 2.41. The van der Waals surface area contributed by atoms with Gasteiger partial charge in [0.25, 0.3) is 0 Å². The molecule has 3 atom stereocenters. The van der Waals surface area contributed by atoms with Gasteiger partial charge in [-0.2, -0.15) is 0 Å². The lowest BCUT2D eigenvalue weighted by molar-refractivity contribution is -0.145. The van der Waals surface area contributed by atoms with Gasteiger partial charge in [-0.1, -0.05) is 26.7 Å². The Morgan fingerprint density at radius 2 is 1.95 bits per heavy atom. The van der Waals surface area contributed by atoms with E-state index in [4.69, 9.17) is 10.8 Å². The molecule has 0 radical (unpaired) electrons. The van der Waals surface area contributed by atoms with Gasteiger partial charge in [-0.05, 0) is 31.1 Å². The van der Waals surface area contributed by atoms with Crippen LogP contribution in [0.5, 0.6) is 0 Å². The predicted molar refractivity (Wildman–Crippen MR) is 73.5 cm³/mol. The third kappa shape index (κ3) is 5.19. The van der Waals surface area contributed by atoms with E-state index in [1.165, 1.54) is 0 Å². The van der Waals surface area contributed by atoms with Gasteiger partial charge < -0.3 is 16.2 Å². The lowest BCUT2D eigenvalue weighted by Gasteiger charge is -2.29. The Kier molecular flexibility index (Phi) is 6.28. The first kappa shape index (κ1) is 16.0. The van der Waals surface area contributed by atoms with Crippen molar-refractivity contribution in [3.63, 3.8) is 0 Å². The van der Waals surface area contributed by atoms with E-state index >= 15 is 0 Å². The molecule has 1 fully saturated rings.